The van der Waals surface area contributed by atoms with Crippen molar-refractivity contribution in [2.24, 2.45) is 0 Å². The first-order valence-electron chi connectivity index (χ1n) is 2.66. The van der Waals surface area contributed by atoms with Crippen molar-refractivity contribution in [1.82, 2.24) is 0 Å². The minimum atomic E-state index is -0.982. The predicted octanol–water partition coefficient (Wildman–Crippen LogP) is -3.68. The standard InChI is InChI=1S/C6H7NO3.Na/c1-2-10-6(9)5(8)3-4-7;/h3,8H,2H2,1H3;/q;+1/p-1/b5-3+;. The molecule has 11 heavy (non-hydrogen) atoms. The third kappa shape index (κ3) is 5.92. The maximum absolute atomic E-state index is 10.4. The van der Waals surface area contributed by atoms with Gasteiger partial charge in [0, 0.05) is 6.08 Å². The number of ether oxygens (including phenoxy) is 1. The molecule has 0 aromatic carbocycles. The Morgan fingerprint density at radius 2 is 2.36 bits per heavy atom. The molecule has 0 saturated carbocycles. The first kappa shape index (κ1) is 13.1. The van der Waals surface area contributed by atoms with Crippen LogP contribution in [0.25, 0.3) is 0 Å². The summed E-state index contributed by atoms with van der Waals surface area (Å²) < 4.78 is 4.29. The van der Waals surface area contributed by atoms with E-state index < -0.39 is 11.7 Å². The third-order valence-corrected chi connectivity index (χ3v) is 0.672. The molecule has 0 aliphatic rings. The van der Waals surface area contributed by atoms with Crippen molar-refractivity contribution < 1.29 is 44.2 Å². The second-order valence-corrected chi connectivity index (χ2v) is 1.36. The van der Waals surface area contributed by atoms with Crippen molar-refractivity contribution in [1.29, 1.82) is 5.26 Å². The van der Waals surface area contributed by atoms with Gasteiger partial charge in [0.2, 0.25) is 0 Å². The summed E-state index contributed by atoms with van der Waals surface area (Å²) in [6.45, 7) is 1.72. The zero-order valence-corrected chi connectivity index (χ0v) is 8.46. The number of allylic oxidation sites excluding steroid dienone is 1. The summed E-state index contributed by atoms with van der Waals surface area (Å²) >= 11 is 0. The molecule has 0 aliphatic carbocycles. The largest absolute Gasteiger partial charge is 1.00 e. The van der Waals surface area contributed by atoms with Crippen LogP contribution in [0.1, 0.15) is 6.92 Å². The average Bonchev–Trinajstić information content (AvgIpc) is 1.89. The topological polar surface area (TPSA) is 73.2 Å². The van der Waals surface area contributed by atoms with Gasteiger partial charge in [0.15, 0.2) is 0 Å². The monoisotopic (exact) mass is 163 g/mol. The Labute approximate surface area is 86.7 Å². The van der Waals surface area contributed by atoms with Gasteiger partial charge in [0.1, 0.15) is 0 Å². The van der Waals surface area contributed by atoms with E-state index in [0.717, 1.165) is 0 Å². The summed E-state index contributed by atoms with van der Waals surface area (Å²) in [6.07, 6.45) is 0.609. The number of rotatable bonds is 2. The van der Waals surface area contributed by atoms with Crippen LogP contribution in [0.2, 0.25) is 0 Å². The molecule has 0 N–H and O–H groups in total. The summed E-state index contributed by atoms with van der Waals surface area (Å²) in [5.41, 5.74) is 0. The number of esters is 1. The molecule has 0 unspecified atom stereocenters. The molecular formula is C6H6NNaO3. The van der Waals surface area contributed by atoms with Crippen molar-refractivity contribution in [2.45, 2.75) is 6.92 Å². The molecule has 5 heteroatoms. The van der Waals surface area contributed by atoms with Crippen LogP contribution in [0.3, 0.4) is 0 Å². The fourth-order valence-electron chi connectivity index (χ4n) is 0.320. The Kier molecular flexibility index (Phi) is 9.07. The summed E-state index contributed by atoms with van der Waals surface area (Å²) in [6, 6.07) is 1.43. The molecule has 54 valence electrons. The minimum Gasteiger partial charge on any atom is -0.867 e. The SMILES string of the molecule is CCOC(=O)/C([O-])=C\C#N.[Na+]. The van der Waals surface area contributed by atoms with Gasteiger partial charge in [0.05, 0.1) is 12.7 Å². The van der Waals surface area contributed by atoms with Gasteiger partial charge < -0.3 is 9.84 Å². The zero-order valence-electron chi connectivity index (χ0n) is 6.46. The van der Waals surface area contributed by atoms with Crippen LogP contribution in [0.5, 0.6) is 0 Å². The Bertz CT molecular complexity index is 194. The van der Waals surface area contributed by atoms with Crippen molar-refractivity contribution >= 4 is 5.97 Å². The van der Waals surface area contributed by atoms with Gasteiger partial charge in [-0.2, -0.15) is 5.26 Å². The molecule has 4 nitrogen and oxygen atoms in total. The van der Waals surface area contributed by atoms with Gasteiger partial charge in [-0.05, 0) is 12.7 Å². The smallest absolute Gasteiger partial charge is 0.867 e. The Balaban J connectivity index is 0. The number of carbonyl (C=O) groups is 1. The van der Waals surface area contributed by atoms with Crippen LogP contribution in [-0.4, -0.2) is 12.6 Å². The molecule has 0 saturated heterocycles. The van der Waals surface area contributed by atoms with Crippen LogP contribution in [0.4, 0.5) is 0 Å². The zero-order chi connectivity index (χ0) is 7.98. The van der Waals surface area contributed by atoms with Crippen LogP contribution in [0.15, 0.2) is 11.8 Å². The molecule has 0 heterocycles. The maximum Gasteiger partial charge on any atom is 1.00 e. The van der Waals surface area contributed by atoms with E-state index >= 15 is 0 Å². The number of nitrogens with zero attached hydrogens (tertiary/aromatic N) is 1. The maximum atomic E-state index is 10.4. The van der Waals surface area contributed by atoms with Crippen molar-refractivity contribution in [3.8, 4) is 6.07 Å². The molecule has 0 radical (unpaired) electrons. The van der Waals surface area contributed by atoms with Crippen molar-refractivity contribution in [3.05, 3.63) is 11.8 Å². The Hall–Kier alpha value is -0.500. The molecule has 0 amide bonds. The van der Waals surface area contributed by atoms with E-state index in [0.29, 0.717) is 6.08 Å². The normalized spacial score (nSPS) is 9.27. The van der Waals surface area contributed by atoms with Crippen LogP contribution in [0, 0.1) is 11.3 Å². The van der Waals surface area contributed by atoms with Gasteiger partial charge in [-0.1, -0.05) is 0 Å². The first-order valence-corrected chi connectivity index (χ1v) is 2.66. The van der Waals surface area contributed by atoms with Gasteiger partial charge in [-0.3, -0.25) is 0 Å². The van der Waals surface area contributed by atoms with Gasteiger partial charge in [-0.25, -0.2) is 4.79 Å². The number of hydrogen-bond donors (Lipinski definition) is 0. The summed E-state index contributed by atoms with van der Waals surface area (Å²) in [5, 5.41) is 18.3. The van der Waals surface area contributed by atoms with E-state index in [4.69, 9.17) is 5.26 Å². The van der Waals surface area contributed by atoms with E-state index in [1.807, 2.05) is 0 Å². The average molecular weight is 163 g/mol. The Morgan fingerprint density at radius 3 is 2.73 bits per heavy atom. The Morgan fingerprint density at radius 1 is 1.82 bits per heavy atom. The van der Waals surface area contributed by atoms with E-state index in [9.17, 15) is 9.90 Å². The van der Waals surface area contributed by atoms with E-state index in [1.165, 1.54) is 6.07 Å². The first-order chi connectivity index (χ1) is 4.72. The second kappa shape index (κ2) is 7.61. The third-order valence-electron chi connectivity index (χ3n) is 0.672. The van der Waals surface area contributed by atoms with Gasteiger partial charge in [0.25, 0.3) is 0 Å². The quantitative estimate of drug-likeness (QED) is 0.138. The van der Waals surface area contributed by atoms with E-state index in [2.05, 4.69) is 4.74 Å². The molecule has 0 aromatic rings. The molecule has 0 rings (SSSR count). The number of hydrogen-bond acceptors (Lipinski definition) is 4. The van der Waals surface area contributed by atoms with E-state index in [-0.39, 0.29) is 36.2 Å². The fraction of sp³-hybridized carbons (Fsp3) is 0.333. The van der Waals surface area contributed by atoms with Crippen molar-refractivity contribution in [2.75, 3.05) is 6.61 Å². The molecule has 0 aromatic heterocycles. The number of nitriles is 1. The summed E-state index contributed by atoms with van der Waals surface area (Å²) in [7, 11) is 0. The van der Waals surface area contributed by atoms with Crippen molar-refractivity contribution in [3.63, 3.8) is 0 Å². The second-order valence-electron chi connectivity index (χ2n) is 1.36. The summed E-state index contributed by atoms with van der Waals surface area (Å²) in [5.74, 6) is -1.90. The predicted molar refractivity (Wildman–Crippen MR) is 30.3 cm³/mol. The fourth-order valence-corrected chi connectivity index (χ4v) is 0.320. The number of carbonyl (C=O) groups excluding carboxylic acids is 1. The molecule has 0 atom stereocenters. The molecule has 0 fully saturated rings. The molecule has 0 spiro atoms. The molecular weight excluding hydrogens is 157 g/mol. The molecule has 0 bridgehead atoms. The summed E-state index contributed by atoms with van der Waals surface area (Å²) in [4.78, 5) is 10.4. The van der Waals surface area contributed by atoms with Gasteiger partial charge >= 0.3 is 35.5 Å². The van der Waals surface area contributed by atoms with E-state index in [1.54, 1.807) is 6.92 Å². The van der Waals surface area contributed by atoms with Gasteiger partial charge in [-0.15, -0.1) is 0 Å². The van der Waals surface area contributed by atoms with Crippen LogP contribution >= 0.6 is 0 Å². The van der Waals surface area contributed by atoms with Crippen LogP contribution in [-0.2, 0) is 9.53 Å². The van der Waals surface area contributed by atoms with Crippen LogP contribution < -0.4 is 34.7 Å². The minimum absolute atomic E-state index is 0. The molecule has 0 aliphatic heterocycles.